The molecule has 0 radical (unpaired) electrons. The molecule has 19 heavy (non-hydrogen) atoms. The third-order valence-corrected chi connectivity index (χ3v) is 3.16. The Kier molecular flexibility index (Phi) is 4.57. The zero-order valence-electron chi connectivity index (χ0n) is 10.4. The first-order chi connectivity index (χ1) is 9.20. The summed E-state index contributed by atoms with van der Waals surface area (Å²) >= 11 is 3.43. The maximum absolute atomic E-state index is 11.6. The summed E-state index contributed by atoms with van der Waals surface area (Å²) < 4.78 is 5.77. The molecule has 1 aromatic heterocycles. The predicted octanol–water partition coefficient (Wildman–Crippen LogP) is 2.96. The van der Waals surface area contributed by atoms with Crippen molar-refractivity contribution in [2.75, 3.05) is 11.9 Å². The van der Waals surface area contributed by atoms with Crippen LogP contribution in [0.3, 0.4) is 0 Å². The van der Waals surface area contributed by atoms with E-state index in [9.17, 15) is 4.79 Å². The lowest BCUT2D eigenvalue weighted by atomic mass is 10.2. The molecule has 5 nitrogen and oxygen atoms in total. The number of aromatic amines is 1. The van der Waals surface area contributed by atoms with Gasteiger partial charge in [0.25, 0.3) is 0 Å². The van der Waals surface area contributed by atoms with Crippen LogP contribution in [0.4, 0.5) is 5.69 Å². The second kappa shape index (κ2) is 6.38. The Morgan fingerprint density at radius 3 is 2.95 bits per heavy atom. The lowest BCUT2D eigenvalue weighted by molar-refractivity contribution is 0.0526. The third kappa shape index (κ3) is 3.57. The van der Waals surface area contributed by atoms with Gasteiger partial charge < -0.3 is 10.1 Å². The highest BCUT2D eigenvalue weighted by atomic mass is 79.9. The highest BCUT2D eigenvalue weighted by molar-refractivity contribution is 9.10. The Hall–Kier alpha value is -1.82. The van der Waals surface area contributed by atoms with Gasteiger partial charge in [0.15, 0.2) is 0 Å². The van der Waals surface area contributed by atoms with Gasteiger partial charge in [-0.2, -0.15) is 5.10 Å². The number of carbonyl (C=O) groups excluding carboxylic acids is 1. The van der Waals surface area contributed by atoms with Crippen molar-refractivity contribution in [3.05, 3.63) is 46.2 Å². The maximum Gasteiger partial charge on any atom is 0.338 e. The first-order valence-electron chi connectivity index (χ1n) is 5.89. The zero-order valence-corrected chi connectivity index (χ0v) is 12.0. The first-order valence-corrected chi connectivity index (χ1v) is 6.68. The van der Waals surface area contributed by atoms with E-state index in [4.69, 9.17) is 4.74 Å². The van der Waals surface area contributed by atoms with Crippen molar-refractivity contribution < 1.29 is 9.53 Å². The number of carbonyl (C=O) groups is 1. The topological polar surface area (TPSA) is 67.0 Å². The van der Waals surface area contributed by atoms with Gasteiger partial charge in [0.1, 0.15) is 0 Å². The molecule has 0 aliphatic rings. The van der Waals surface area contributed by atoms with Gasteiger partial charge in [0.05, 0.1) is 24.4 Å². The van der Waals surface area contributed by atoms with Crippen molar-refractivity contribution in [3.63, 3.8) is 0 Å². The average molecular weight is 324 g/mol. The Bertz CT molecular complexity index is 555. The van der Waals surface area contributed by atoms with Crippen LogP contribution in [0.1, 0.15) is 23.0 Å². The van der Waals surface area contributed by atoms with E-state index >= 15 is 0 Å². The summed E-state index contributed by atoms with van der Waals surface area (Å²) in [5, 5.41) is 9.99. The lowest BCUT2D eigenvalue weighted by Gasteiger charge is -2.09. The van der Waals surface area contributed by atoms with Crippen molar-refractivity contribution >= 4 is 27.6 Å². The van der Waals surface area contributed by atoms with Crippen LogP contribution in [0.25, 0.3) is 0 Å². The molecule has 2 aromatic rings. The number of hydrogen-bond donors (Lipinski definition) is 2. The number of ether oxygens (including phenoxy) is 1. The van der Waals surface area contributed by atoms with Gasteiger partial charge in [-0.15, -0.1) is 0 Å². The van der Waals surface area contributed by atoms with Gasteiger partial charge in [-0.25, -0.2) is 4.79 Å². The van der Waals surface area contributed by atoms with Crippen molar-refractivity contribution in [2.45, 2.75) is 13.5 Å². The highest BCUT2D eigenvalue weighted by Gasteiger charge is 2.09. The molecule has 0 saturated carbocycles. The van der Waals surface area contributed by atoms with Crippen molar-refractivity contribution in [1.29, 1.82) is 0 Å². The Morgan fingerprint density at radius 1 is 1.47 bits per heavy atom. The number of aromatic nitrogens is 2. The van der Waals surface area contributed by atoms with Gasteiger partial charge in [0, 0.05) is 16.4 Å². The lowest BCUT2D eigenvalue weighted by Crippen LogP contribution is -2.06. The van der Waals surface area contributed by atoms with Gasteiger partial charge in [0.2, 0.25) is 0 Å². The van der Waals surface area contributed by atoms with E-state index in [0.29, 0.717) is 18.7 Å². The highest BCUT2D eigenvalue weighted by Crippen LogP contribution is 2.24. The van der Waals surface area contributed by atoms with Crippen LogP contribution in [-0.4, -0.2) is 22.8 Å². The molecule has 0 amide bonds. The summed E-state index contributed by atoms with van der Waals surface area (Å²) in [5.74, 6) is -0.316. The minimum atomic E-state index is -0.316. The standard InChI is InChI=1S/C13H14BrN3O2/c1-2-19-13(18)9-3-4-12(11(14)7-9)15-8-10-5-6-16-17-10/h3-7,15H,2,8H2,1H3,(H,16,17). The predicted molar refractivity (Wildman–Crippen MR) is 76.0 cm³/mol. The molecule has 1 heterocycles. The smallest absolute Gasteiger partial charge is 0.338 e. The quantitative estimate of drug-likeness (QED) is 0.830. The molecule has 0 atom stereocenters. The molecule has 0 aliphatic carbocycles. The molecule has 6 heteroatoms. The fourth-order valence-electron chi connectivity index (χ4n) is 1.57. The summed E-state index contributed by atoms with van der Waals surface area (Å²) in [6, 6.07) is 7.21. The largest absolute Gasteiger partial charge is 0.462 e. The van der Waals surface area contributed by atoms with Gasteiger partial charge in [-0.1, -0.05) is 0 Å². The second-order valence-corrected chi connectivity index (χ2v) is 4.70. The molecule has 2 rings (SSSR count). The van der Waals surface area contributed by atoms with E-state index in [-0.39, 0.29) is 5.97 Å². The molecule has 100 valence electrons. The number of benzene rings is 1. The molecular formula is C13H14BrN3O2. The summed E-state index contributed by atoms with van der Waals surface area (Å²) in [7, 11) is 0. The van der Waals surface area contributed by atoms with E-state index in [1.807, 2.05) is 12.1 Å². The average Bonchev–Trinajstić information content (AvgIpc) is 2.90. The Labute approximate surface area is 119 Å². The number of anilines is 1. The maximum atomic E-state index is 11.6. The SMILES string of the molecule is CCOC(=O)c1ccc(NCc2ccn[nH]2)c(Br)c1. The van der Waals surface area contributed by atoms with Crippen LogP contribution in [0, 0.1) is 0 Å². The third-order valence-electron chi connectivity index (χ3n) is 2.51. The number of esters is 1. The van der Waals surface area contributed by atoms with Crippen LogP contribution >= 0.6 is 15.9 Å². The van der Waals surface area contributed by atoms with Crippen LogP contribution in [0.2, 0.25) is 0 Å². The summed E-state index contributed by atoms with van der Waals surface area (Å²) in [5.41, 5.74) is 2.42. The molecule has 0 unspecified atom stereocenters. The zero-order chi connectivity index (χ0) is 13.7. The molecule has 1 aromatic carbocycles. The normalized spacial score (nSPS) is 10.2. The molecule has 2 N–H and O–H groups in total. The molecule has 0 spiro atoms. The van der Waals surface area contributed by atoms with Crippen LogP contribution in [0.15, 0.2) is 34.9 Å². The van der Waals surface area contributed by atoms with Crippen molar-refractivity contribution in [3.8, 4) is 0 Å². The Balaban J connectivity index is 2.04. The monoisotopic (exact) mass is 323 g/mol. The minimum Gasteiger partial charge on any atom is -0.462 e. The number of nitrogens with one attached hydrogen (secondary N) is 2. The summed E-state index contributed by atoms with van der Waals surface area (Å²) in [4.78, 5) is 11.6. The fraction of sp³-hybridized carbons (Fsp3) is 0.231. The van der Waals surface area contributed by atoms with E-state index < -0.39 is 0 Å². The van der Waals surface area contributed by atoms with Crippen molar-refractivity contribution in [2.24, 2.45) is 0 Å². The molecule has 0 saturated heterocycles. The summed E-state index contributed by atoms with van der Waals surface area (Å²) in [6.07, 6.45) is 1.70. The number of halogens is 1. The van der Waals surface area contributed by atoms with Crippen LogP contribution in [-0.2, 0) is 11.3 Å². The van der Waals surface area contributed by atoms with E-state index in [1.165, 1.54) is 0 Å². The van der Waals surface area contributed by atoms with Gasteiger partial charge in [-0.3, -0.25) is 5.10 Å². The molecule has 0 aliphatic heterocycles. The number of nitrogens with zero attached hydrogens (tertiary/aromatic N) is 1. The van der Waals surface area contributed by atoms with E-state index in [2.05, 4.69) is 31.4 Å². The number of H-pyrrole nitrogens is 1. The fourth-order valence-corrected chi connectivity index (χ4v) is 2.09. The molecule has 0 fully saturated rings. The summed E-state index contributed by atoms with van der Waals surface area (Å²) in [6.45, 7) is 2.79. The van der Waals surface area contributed by atoms with Gasteiger partial charge >= 0.3 is 5.97 Å². The van der Waals surface area contributed by atoms with E-state index in [0.717, 1.165) is 15.9 Å². The van der Waals surface area contributed by atoms with E-state index in [1.54, 1.807) is 25.3 Å². The van der Waals surface area contributed by atoms with Crippen LogP contribution < -0.4 is 5.32 Å². The minimum absolute atomic E-state index is 0.316. The second-order valence-electron chi connectivity index (χ2n) is 3.85. The first kappa shape index (κ1) is 13.6. The molecular weight excluding hydrogens is 310 g/mol. The van der Waals surface area contributed by atoms with Gasteiger partial charge in [-0.05, 0) is 47.1 Å². The van der Waals surface area contributed by atoms with Crippen LogP contribution in [0.5, 0.6) is 0 Å². The Morgan fingerprint density at radius 2 is 2.32 bits per heavy atom. The number of hydrogen-bond acceptors (Lipinski definition) is 4. The number of rotatable bonds is 5. The molecule has 0 bridgehead atoms. The van der Waals surface area contributed by atoms with Crippen molar-refractivity contribution in [1.82, 2.24) is 10.2 Å².